The summed E-state index contributed by atoms with van der Waals surface area (Å²) in [6.45, 7) is 5.39. The molecular weight excluding hydrogens is 256 g/mol. The fourth-order valence-electron chi connectivity index (χ4n) is 2.53. The first-order chi connectivity index (χ1) is 9.54. The highest BCUT2D eigenvalue weighted by atomic mass is 16.5. The summed E-state index contributed by atoms with van der Waals surface area (Å²) in [6, 6.07) is 5.24. The molecule has 1 aromatic carbocycles. The highest BCUT2D eigenvalue weighted by Crippen LogP contribution is 2.28. The molecule has 5 heteroatoms. The van der Waals surface area contributed by atoms with Gasteiger partial charge in [0.15, 0.2) is 0 Å². The van der Waals surface area contributed by atoms with Crippen molar-refractivity contribution in [1.29, 1.82) is 0 Å². The van der Waals surface area contributed by atoms with E-state index in [1.54, 1.807) is 23.1 Å². The molecule has 5 nitrogen and oxygen atoms in total. The van der Waals surface area contributed by atoms with Gasteiger partial charge in [0.2, 0.25) is 0 Å². The predicted molar refractivity (Wildman–Crippen MR) is 77.7 cm³/mol. The van der Waals surface area contributed by atoms with E-state index in [-0.39, 0.29) is 17.9 Å². The molecule has 20 heavy (non-hydrogen) atoms. The number of aliphatic hydroxyl groups excluding tert-OH is 1. The number of nitrogens with zero attached hydrogens (tertiary/aromatic N) is 1. The number of rotatable bonds is 3. The van der Waals surface area contributed by atoms with Gasteiger partial charge in [0.05, 0.1) is 12.7 Å². The number of aliphatic hydroxyl groups is 1. The van der Waals surface area contributed by atoms with Crippen LogP contribution in [0.2, 0.25) is 0 Å². The van der Waals surface area contributed by atoms with Crippen molar-refractivity contribution in [2.24, 2.45) is 5.92 Å². The highest BCUT2D eigenvalue weighted by molar-refractivity contribution is 6.01. The van der Waals surface area contributed by atoms with Gasteiger partial charge in [-0.15, -0.1) is 0 Å². The van der Waals surface area contributed by atoms with E-state index in [1.807, 2.05) is 13.8 Å². The van der Waals surface area contributed by atoms with E-state index in [0.717, 1.165) is 0 Å². The molecule has 0 aliphatic carbocycles. The van der Waals surface area contributed by atoms with Crippen LogP contribution in [-0.4, -0.2) is 41.7 Å². The van der Waals surface area contributed by atoms with Gasteiger partial charge in [-0.2, -0.15) is 0 Å². The SMILES string of the molecule is CCOc1cccc(N)c1C(=O)N1CCC(O)C(C)C1. The number of carbonyl (C=O) groups is 1. The lowest BCUT2D eigenvalue weighted by Gasteiger charge is -2.34. The van der Waals surface area contributed by atoms with E-state index in [9.17, 15) is 9.90 Å². The number of amides is 1. The zero-order chi connectivity index (χ0) is 14.7. The minimum absolute atomic E-state index is 0.0770. The fourth-order valence-corrected chi connectivity index (χ4v) is 2.53. The summed E-state index contributed by atoms with van der Waals surface area (Å²) in [4.78, 5) is 14.4. The molecule has 2 rings (SSSR count). The zero-order valence-corrected chi connectivity index (χ0v) is 12.0. The maximum Gasteiger partial charge on any atom is 0.259 e. The van der Waals surface area contributed by atoms with Crippen LogP contribution in [0.3, 0.4) is 0 Å². The zero-order valence-electron chi connectivity index (χ0n) is 12.0. The Morgan fingerprint density at radius 1 is 1.55 bits per heavy atom. The Bertz CT molecular complexity index is 490. The predicted octanol–water partition coefficient (Wildman–Crippen LogP) is 1.51. The smallest absolute Gasteiger partial charge is 0.259 e. The summed E-state index contributed by atoms with van der Waals surface area (Å²) in [6.07, 6.45) is 0.266. The van der Waals surface area contributed by atoms with Crippen LogP contribution in [0.25, 0.3) is 0 Å². The lowest BCUT2D eigenvalue weighted by Crippen LogP contribution is -2.45. The highest BCUT2D eigenvalue weighted by Gasteiger charge is 2.30. The Kier molecular flexibility index (Phi) is 4.49. The fraction of sp³-hybridized carbons (Fsp3) is 0.533. The molecule has 1 amide bonds. The Morgan fingerprint density at radius 2 is 2.30 bits per heavy atom. The maximum atomic E-state index is 12.7. The third-order valence-corrected chi connectivity index (χ3v) is 3.72. The van der Waals surface area contributed by atoms with E-state index in [4.69, 9.17) is 10.5 Å². The molecular formula is C15H22N2O3. The van der Waals surface area contributed by atoms with Gasteiger partial charge in [-0.1, -0.05) is 13.0 Å². The lowest BCUT2D eigenvalue weighted by atomic mass is 9.96. The average Bonchev–Trinajstić information content (AvgIpc) is 2.42. The molecule has 1 aliphatic rings. The van der Waals surface area contributed by atoms with Crippen molar-refractivity contribution in [3.8, 4) is 5.75 Å². The normalized spacial score (nSPS) is 22.6. The van der Waals surface area contributed by atoms with Crippen LogP contribution in [0, 0.1) is 5.92 Å². The molecule has 0 aromatic heterocycles. The molecule has 2 atom stereocenters. The van der Waals surface area contributed by atoms with Gasteiger partial charge >= 0.3 is 0 Å². The van der Waals surface area contributed by atoms with Crippen LogP contribution in [-0.2, 0) is 0 Å². The van der Waals surface area contributed by atoms with Crippen LogP contribution >= 0.6 is 0 Å². The summed E-state index contributed by atoms with van der Waals surface area (Å²) in [5, 5.41) is 9.75. The monoisotopic (exact) mass is 278 g/mol. The number of hydrogen-bond donors (Lipinski definition) is 2. The van der Waals surface area contributed by atoms with Gasteiger partial charge in [-0.3, -0.25) is 4.79 Å². The Labute approximate surface area is 119 Å². The molecule has 0 bridgehead atoms. The summed E-state index contributed by atoms with van der Waals surface area (Å²) < 4.78 is 5.50. The summed E-state index contributed by atoms with van der Waals surface area (Å²) in [5.74, 6) is 0.481. The van der Waals surface area contributed by atoms with E-state index >= 15 is 0 Å². The molecule has 1 aliphatic heterocycles. The Morgan fingerprint density at radius 3 is 2.95 bits per heavy atom. The van der Waals surface area contributed by atoms with E-state index in [2.05, 4.69) is 0 Å². The minimum atomic E-state index is -0.335. The average molecular weight is 278 g/mol. The second-order valence-corrected chi connectivity index (χ2v) is 5.24. The molecule has 3 N–H and O–H groups in total. The number of nitrogen functional groups attached to an aromatic ring is 1. The summed E-state index contributed by atoms with van der Waals surface area (Å²) >= 11 is 0. The second kappa shape index (κ2) is 6.13. The van der Waals surface area contributed by atoms with Gasteiger partial charge in [0.1, 0.15) is 11.3 Å². The van der Waals surface area contributed by atoms with E-state index in [0.29, 0.717) is 43.1 Å². The van der Waals surface area contributed by atoms with Crippen LogP contribution in [0.1, 0.15) is 30.6 Å². The van der Waals surface area contributed by atoms with Crippen LogP contribution in [0.15, 0.2) is 18.2 Å². The molecule has 1 fully saturated rings. The van der Waals surface area contributed by atoms with Crippen molar-refractivity contribution in [3.63, 3.8) is 0 Å². The van der Waals surface area contributed by atoms with Crippen molar-refractivity contribution >= 4 is 11.6 Å². The quantitative estimate of drug-likeness (QED) is 0.822. The Balaban J connectivity index is 2.25. The number of anilines is 1. The number of hydrogen-bond acceptors (Lipinski definition) is 4. The number of piperidine rings is 1. The summed E-state index contributed by atoms with van der Waals surface area (Å²) in [7, 11) is 0. The van der Waals surface area contributed by atoms with Crippen molar-refractivity contribution in [1.82, 2.24) is 4.90 Å². The topological polar surface area (TPSA) is 75.8 Å². The Hall–Kier alpha value is -1.75. The standard InChI is InChI=1S/C15H22N2O3/c1-3-20-13-6-4-5-11(16)14(13)15(19)17-8-7-12(18)10(2)9-17/h4-6,10,12,18H,3,7-9,16H2,1-2H3. The third kappa shape index (κ3) is 2.88. The summed E-state index contributed by atoms with van der Waals surface area (Å²) in [5.41, 5.74) is 6.80. The number of nitrogens with two attached hydrogens (primary N) is 1. The molecule has 0 spiro atoms. The van der Waals surface area contributed by atoms with Crippen molar-refractivity contribution < 1.29 is 14.6 Å². The van der Waals surface area contributed by atoms with Crippen molar-refractivity contribution in [3.05, 3.63) is 23.8 Å². The first-order valence-electron chi connectivity index (χ1n) is 7.03. The van der Waals surface area contributed by atoms with Crippen LogP contribution in [0.5, 0.6) is 5.75 Å². The number of benzene rings is 1. The largest absolute Gasteiger partial charge is 0.493 e. The van der Waals surface area contributed by atoms with Gasteiger partial charge in [0.25, 0.3) is 5.91 Å². The van der Waals surface area contributed by atoms with Gasteiger partial charge in [-0.25, -0.2) is 0 Å². The number of likely N-dealkylation sites (tertiary alicyclic amines) is 1. The molecule has 1 saturated heterocycles. The molecule has 0 radical (unpaired) electrons. The molecule has 0 saturated carbocycles. The van der Waals surface area contributed by atoms with Gasteiger partial charge in [0, 0.05) is 18.8 Å². The first-order valence-corrected chi connectivity index (χ1v) is 7.03. The van der Waals surface area contributed by atoms with Crippen LogP contribution in [0.4, 0.5) is 5.69 Å². The van der Waals surface area contributed by atoms with Crippen molar-refractivity contribution in [2.75, 3.05) is 25.4 Å². The van der Waals surface area contributed by atoms with Crippen LogP contribution < -0.4 is 10.5 Å². The van der Waals surface area contributed by atoms with E-state index < -0.39 is 0 Å². The second-order valence-electron chi connectivity index (χ2n) is 5.24. The number of ether oxygens (including phenoxy) is 1. The van der Waals surface area contributed by atoms with Crippen molar-refractivity contribution in [2.45, 2.75) is 26.4 Å². The molecule has 1 aromatic rings. The minimum Gasteiger partial charge on any atom is -0.493 e. The molecule has 1 heterocycles. The van der Waals surface area contributed by atoms with Gasteiger partial charge < -0.3 is 20.5 Å². The number of carbonyl (C=O) groups excluding carboxylic acids is 1. The molecule has 2 unspecified atom stereocenters. The van der Waals surface area contributed by atoms with Gasteiger partial charge in [-0.05, 0) is 31.4 Å². The maximum absolute atomic E-state index is 12.7. The first kappa shape index (κ1) is 14.7. The lowest BCUT2D eigenvalue weighted by molar-refractivity contribution is 0.0296. The third-order valence-electron chi connectivity index (χ3n) is 3.72. The molecule has 110 valence electrons. The van der Waals surface area contributed by atoms with E-state index in [1.165, 1.54) is 0 Å².